The third-order valence-electron chi connectivity index (χ3n) is 4.08. The Balaban J connectivity index is 2.13. The fraction of sp³-hybridized carbons (Fsp3) is 0.357. The first-order valence-corrected chi connectivity index (χ1v) is 6.75. The monoisotopic (exact) mass is 302 g/mol. The summed E-state index contributed by atoms with van der Waals surface area (Å²) in [6.07, 6.45) is 4.48. The van der Waals surface area contributed by atoms with Crippen LogP contribution in [0.15, 0.2) is 28.9 Å². The lowest BCUT2D eigenvalue weighted by Crippen LogP contribution is -2.58. The molecular formula is C14H14N4O4. The van der Waals surface area contributed by atoms with Crippen LogP contribution in [0.1, 0.15) is 19.8 Å². The molecule has 0 spiro atoms. The van der Waals surface area contributed by atoms with Gasteiger partial charge in [0.15, 0.2) is 0 Å². The quantitative estimate of drug-likeness (QED) is 0.646. The van der Waals surface area contributed by atoms with Crippen molar-refractivity contribution in [3.63, 3.8) is 0 Å². The van der Waals surface area contributed by atoms with Crippen LogP contribution in [-0.2, 0) is 19.2 Å². The van der Waals surface area contributed by atoms with E-state index < -0.39 is 35.1 Å². The Morgan fingerprint density at radius 2 is 2.18 bits per heavy atom. The highest BCUT2D eigenvalue weighted by molar-refractivity contribution is 6.17. The van der Waals surface area contributed by atoms with Crippen molar-refractivity contribution in [3.8, 4) is 0 Å². The standard InChI is InChI=1S/C14H14N4O4/c1-7-2-3-10-16-13(22)14(5-9(15)19,18(10)6-7)8-4-11(20)17-12(8)21/h2-3,6,8H,4-5H2,1H3,(H2,15,19)(H,17,20,21)/t8-,14-/m0/s1. The van der Waals surface area contributed by atoms with Crippen LogP contribution < -0.4 is 11.1 Å². The fourth-order valence-corrected chi connectivity index (χ4v) is 3.12. The number of fused-ring (bicyclic) bond motifs is 1. The molecule has 3 aliphatic heterocycles. The fourth-order valence-electron chi connectivity index (χ4n) is 3.12. The van der Waals surface area contributed by atoms with Gasteiger partial charge in [0.2, 0.25) is 17.7 Å². The Morgan fingerprint density at radius 1 is 1.45 bits per heavy atom. The van der Waals surface area contributed by atoms with Gasteiger partial charge in [0, 0.05) is 12.6 Å². The maximum atomic E-state index is 12.6. The molecule has 3 heterocycles. The molecule has 114 valence electrons. The Labute approximate surface area is 125 Å². The summed E-state index contributed by atoms with van der Waals surface area (Å²) in [5.41, 5.74) is 4.56. The number of aliphatic imine (C=N–C) groups is 1. The summed E-state index contributed by atoms with van der Waals surface area (Å²) >= 11 is 0. The van der Waals surface area contributed by atoms with Crippen molar-refractivity contribution in [1.29, 1.82) is 0 Å². The summed E-state index contributed by atoms with van der Waals surface area (Å²) in [6, 6.07) is 0. The highest BCUT2D eigenvalue weighted by Gasteiger charge is 2.60. The van der Waals surface area contributed by atoms with Gasteiger partial charge in [0.05, 0.1) is 12.3 Å². The minimum absolute atomic E-state index is 0.173. The topological polar surface area (TPSA) is 122 Å². The van der Waals surface area contributed by atoms with Gasteiger partial charge in [0.1, 0.15) is 11.4 Å². The summed E-state index contributed by atoms with van der Waals surface area (Å²) in [7, 11) is 0. The Bertz CT molecular complexity index is 706. The van der Waals surface area contributed by atoms with E-state index in [1.165, 1.54) is 4.90 Å². The summed E-state index contributed by atoms with van der Waals surface area (Å²) in [5, 5.41) is 2.17. The number of amides is 4. The molecule has 8 nitrogen and oxygen atoms in total. The number of nitrogens with zero attached hydrogens (tertiary/aromatic N) is 2. The van der Waals surface area contributed by atoms with Crippen molar-refractivity contribution in [2.75, 3.05) is 0 Å². The second-order valence-corrected chi connectivity index (χ2v) is 5.59. The van der Waals surface area contributed by atoms with Crippen LogP contribution in [0.25, 0.3) is 0 Å². The summed E-state index contributed by atoms with van der Waals surface area (Å²) in [4.78, 5) is 53.2. The van der Waals surface area contributed by atoms with Gasteiger partial charge < -0.3 is 10.6 Å². The zero-order valence-electron chi connectivity index (χ0n) is 11.8. The molecule has 0 aromatic heterocycles. The van der Waals surface area contributed by atoms with Gasteiger partial charge >= 0.3 is 0 Å². The Kier molecular flexibility index (Phi) is 2.98. The van der Waals surface area contributed by atoms with Crippen molar-refractivity contribution < 1.29 is 19.2 Å². The zero-order chi connectivity index (χ0) is 16.1. The molecular weight excluding hydrogens is 288 g/mol. The molecule has 0 radical (unpaired) electrons. The third-order valence-corrected chi connectivity index (χ3v) is 4.08. The number of amidine groups is 1. The van der Waals surface area contributed by atoms with Gasteiger partial charge in [-0.3, -0.25) is 24.5 Å². The highest BCUT2D eigenvalue weighted by atomic mass is 16.2. The maximum absolute atomic E-state index is 12.6. The number of allylic oxidation sites excluding steroid dienone is 2. The van der Waals surface area contributed by atoms with Crippen LogP contribution in [0.5, 0.6) is 0 Å². The molecule has 3 rings (SSSR count). The number of carbonyl (C=O) groups excluding carboxylic acids is 4. The molecule has 0 aromatic rings. The van der Waals surface area contributed by atoms with E-state index in [0.717, 1.165) is 5.57 Å². The number of hydrogen-bond donors (Lipinski definition) is 2. The predicted molar refractivity (Wildman–Crippen MR) is 75.0 cm³/mol. The average molecular weight is 302 g/mol. The van der Waals surface area contributed by atoms with E-state index in [-0.39, 0.29) is 12.8 Å². The van der Waals surface area contributed by atoms with E-state index in [2.05, 4.69) is 10.3 Å². The van der Waals surface area contributed by atoms with Crippen LogP contribution in [0.2, 0.25) is 0 Å². The first-order valence-electron chi connectivity index (χ1n) is 6.75. The number of nitrogens with one attached hydrogen (secondary N) is 1. The van der Waals surface area contributed by atoms with Crippen LogP contribution in [0.3, 0.4) is 0 Å². The van der Waals surface area contributed by atoms with Crippen LogP contribution in [0, 0.1) is 5.92 Å². The summed E-state index contributed by atoms with van der Waals surface area (Å²) in [6.45, 7) is 1.81. The van der Waals surface area contributed by atoms with E-state index in [0.29, 0.717) is 5.84 Å². The van der Waals surface area contributed by atoms with E-state index in [1.807, 2.05) is 6.92 Å². The molecule has 22 heavy (non-hydrogen) atoms. The minimum atomic E-state index is -1.57. The van der Waals surface area contributed by atoms with E-state index in [4.69, 9.17) is 5.73 Å². The number of carbonyl (C=O) groups is 4. The van der Waals surface area contributed by atoms with Gasteiger partial charge in [-0.2, -0.15) is 4.99 Å². The van der Waals surface area contributed by atoms with Gasteiger partial charge in [0.25, 0.3) is 5.91 Å². The van der Waals surface area contributed by atoms with Gasteiger partial charge in [-0.15, -0.1) is 0 Å². The van der Waals surface area contributed by atoms with E-state index >= 15 is 0 Å². The van der Waals surface area contributed by atoms with Crippen molar-refractivity contribution >= 4 is 29.5 Å². The summed E-state index contributed by atoms with van der Waals surface area (Å²) < 4.78 is 0. The largest absolute Gasteiger partial charge is 0.370 e. The van der Waals surface area contributed by atoms with Crippen LogP contribution >= 0.6 is 0 Å². The lowest BCUT2D eigenvalue weighted by Gasteiger charge is -2.39. The van der Waals surface area contributed by atoms with Crippen molar-refractivity contribution in [2.24, 2.45) is 16.6 Å². The number of imide groups is 1. The SMILES string of the molecule is CC1=CN2C(=NC(=O)[C@]2(CC(N)=O)[C@H]2CC(=O)NC2=O)C=C1. The van der Waals surface area contributed by atoms with Crippen molar-refractivity contribution in [1.82, 2.24) is 10.2 Å². The number of primary amides is 1. The predicted octanol–water partition coefficient (Wildman–Crippen LogP) is -1.02. The molecule has 0 saturated carbocycles. The van der Waals surface area contributed by atoms with Gasteiger partial charge in [-0.1, -0.05) is 6.08 Å². The molecule has 3 N–H and O–H groups in total. The highest BCUT2D eigenvalue weighted by Crippen LogP contribution is 2.40. The molecule has 2 atom stereocenters. The second-order valence-electron chi connectivity index (χ2n) is 5.59. The lowest BCUT2D eigenvalue weighted by molar-refractivity contribution is -0.138. The van der Waals surface area contributed by atoms with E-state index in [1.54, 1.807) is 18.4 Å². The molecule has 1 fully saturated rings. The molecule has 0 aromatic carbocycles. The molecule has 1 saturated heterocycles. The van der Waals surface area contributed by atoms with Crippen LogP contribution in [-0.4, -0.2) is 39.9 Å². The number of hydrogen-bond acceptors (Lipinski definition) is 5. The second kappa shape index (κ2) is 4.62. The first kappa shape index (κ1) is 14.2. The van der Waals surface area contributed by atoms with Crippen molar-refractivity contribution in [2.45, 2.75) is 25.3 Å². The summed E-state index contributed by atoms with van der Waals surface area (Å²) in [5.74, 6) is -3.10. The minimum Gasteiger partial charge on any atom is -0.370 e. The number of nitrogens with two attached hydrogens (primary N) is 1. The maximum Gasteiger partial charge on any atom is 0.275 e. The average Bonchev–Trinajstić information content (AvgIpc) is 2.88. The normalized spacial score (nSPS) is 30.1. The van der Waals surface area contributed by atoms with Crippen LogP contribution in [0.4, 0.5) is 0 Å². The molecule has 0 unspecified atom stereocenters. The smallest absolute Gasteiger partial charge is 0.275 e. The molecule has 0 aliphatic carbocycles. The molecule has 3 aliphatic rings. The van der Waals surface area contributed by atoms with Crippen molar-refractivity contribution in [3.05, 3.63) is 23.9 Å². The lowest BCUT2D eigenvalue weighted by atomic mass is 9.77. The Hall–Kier alpha value is -2.77. The third kappa shape index (κ3) is 1.87. The molecule has 4 amide bonds. The number of rotatable bonds is 3. The first-order chi connectivity index (χ1) is 10.3. The Morgan fingerprint density at radius 3 is 2.77 bits per heavy atom. The van der Waals surface area contributed by atoms with Gasteiger partial charge in [-0.05, 0) is 18.6 Å². The van der Waals surface area contributed by atoms with E-state index in [9.17, 15) is 19.2 Å². The zero-order valence-corrected chi connectivity index (χ0v) is 11.8. The molecule has 8 heteroatoms. The molecule has 0 bridgehead atoms. The van der Waals surface area contributed by atoms with Gasteiger partial charge in [-0.25, -0.2) is 0 Å².